The van der Waals surface area contributed by atoms with E-state index >= 15 is 0 Å². The maximum atomic E-state index is 11.5. The molecule has 0 unspecified atom stereocenters. The number of nitrogens with zero attached hydrogens (tertiary/aromatic N) is 3. The van der Waals surface area contributed by atoms with Crippen molar-refractivity contribution in [3.8, 4) is 11.5 Å². The Morgan fingerprint density at radius 1 is 1.00 bits per heavy atom. The van der Waals surface area contributed by atoms with Crippen molar-refractivity contribution >= 4 is 35.6 Å². The summed E-state index contributed by atoms with van der Waals surface area (Å²) in [5.41, 5.74) is 16.0. The van der Waals surface area contributed by atoms with E-state index < -0.39 is 7.82 Å². The van der Waals surface area contributed by atoms with Crippen molar-refractivity contribution in [1.29, 1.82) is 0 Å². The standard InChI is InChI=1S/C33H48N5O6P/c1-6-7-13-27-37-28-29(38(27)21-22-11-8-12-26(30(22)39)44-45(40,41)42)24-15-14-23(20-25(24)36-31(28)34)32(2,3)16-9-18-43-19-10-17-33(4,5)35/h8,11-12,14-15,20,39H,6-7,9-10,13,16-19,21,35H2,1-5H3,(H2,34,36)(H2,40,41,42). The molecule has 11 nitrogen and oxygen atoms in total. The minimum atomic E-state index is -4.86. The summed E-state index contributed by atoms with van der Waals surface area (Å²) in [6.07, 6.45) is 6.28. The van der Waals surface area contributed by atoms with Gasteiger partial charge in [0.25, 0.3) is 0 Å². The number of para-hydroxylation sites is 1. The number of rotatable bonds is 16. The second kappa shape index (κ2) is 14.1. The van der Waals surface area contributed by atoms with E-state index in [-0.39, 0.29) is 29.0 Å². The molecule has 2 aromatic carbocycles. The van der Waals surface area contributed by atoms with Crippen molar-refractivity contribution in [2.45, 2.75) is 97.1 Å². The molecule has 2 aromatic heterocycles. The predicted molar refractivity (Wildman–Crippen MR) is 179 cm³/mol. The Labute approximate surface area is 265 Å². The molecule has 0 radical (unpaired) electrons. The number of aryl methyl sites for hydroxylation is 1. The molecule has 0 fully saturated rings. The van der Waals surface area contributed by atoms with E-state index in [1.165, 1.54) is 6.07 Å². The summed E-state index contributed by atoms with van der Waals surface area (Å²) >= 11 is 0. The highest BCUT2D eigenvalue weighted by molar-refractivity contribution is 7.46. The molecule has 246 valence electrons. The van der Waals surface area contributed by atoms with Gasteiger partial charge in [0.05, 0.1) is 17.6 Å². The summed E-state index contributed by atoms with van der Waals surface area (Å²) in [5.74, 6) is 0.476. The molecule has 2 heterocycles. The molecule has 7 N–H and O–H groups in total. The number of ether oxygens (including phenoxy) is 1. The summed E-state index contributed by atoms with van der Waals surface area (Å²) in [4.78, 5) is 28.2. The number of imidazole rings is 1. The number of unbranched alkanes of at least 4 members (excludes halogenated alkanes) is 1. The molecule has 12 heteroatoms. The summed E-state index contributed by atoms with van der Waals surface area (Å²) in [7, 11) is -4.86. The largest absolute Gasteiger partial charge is 0.524 e. The number of phosphoric ester groups is 1. The van der Waals surface area contributed by atoms with Crippen LogP contribution in [0.4, 0.5) is 5.82 Å². The van der Waals surface area contributed by atoms with E-state index in [0.29, 0.717) is 36.5 Å². The maximum absolute atomic E-state index is 11.5. The number of benzene rings is 2. The second-order valence-electron chi connectivity index (χ2n) is 13.2. The van der Waals surface area contributed by atoms with Crippen molar-refractivity contribution < 1.29 is 28.7 Å². The zero-order valence-corrected chi connectivity index (χ0v) is 27.9. The van der Waals surface area contributed by atoms with Gasteiger partial charge in [-0.1, -0.05) is 51.5 Å². The SMILES string of the molecule is CCCCc1nc2c(N)nc3cc(C(C)(C)CCCOCCCC(C)(C)N)ccc3c2n1Cc1cccc(OP(=O)(O)O)c1O. The van der Waals surface area contributed by atoms with Gasteiger partial charge in [-0.05, 0) is 69.1 Å². The van der Waals surface area contributed by atoms with Crippen LogP contribution in [-0.2, 0) is 27.7 Å². The normalized spacial score (nSPS) is 12.8. The Kier molecular flexibility index (Phi) is 10.8. The molecule has 0 amide bonds. The number of fused-ring (bicyclic) bond motifs is 3. The zero-order valence-electron chi connectivity index (χ0n) is 27.0. The third-order valence-electron chi connectivity index (χ3n) is 8.15. The lowest BCUT2D eigenvalue weighted by molar-refractivity contribution is 0.119. The Morgan fingerprint density at radius 3 is 2.38 bits per heavy atom. The number of anilines is 1. The highest BCUT2D eigenvalue weighted by Crippen LogP contribution is 2.43. The number of phenolic OH excluding ortho intramolecular Hbond substituents is 1. The number of nitrogens with two attached hydrogens (primary N) is 2. The van der Waals surface area contributed by atoms with E-state index in [9.17, 15) is 19.5 Å². The number of hydrogen-bond donors (Lipinski definition) is 5. The Balaban J connectivity index is 1.65. The van der Waals surface area contributed by atoms with Crippen LogP contribution in [0.3, 0.4) is 0 Å². The van der Waals surface area contributed by atoms with Crippen molar-refractivity contribution in [3.05, 3.63) is 53.3 Å². The van der Waals surface area contributed by atoms with Crippen molar-refractivity contribution in [3.63, 3.8) is 0 Å². The van der Waals surface area contributed by atoms with Crippen LogP contribution in [0, 0.1) is 0 Å². The molecular formula is C33H48N5O6P. The van der Waals surface area contributed by atoms with Crippen molar-refractivity contribution in [1.82, 2.24) is 14.5 Å². The van der Waals surface area contributed by atoms with Gasteiger partial charge in [-0.25, -0.2) is 14.5 Å². The van der Waals surface area contributed by atoms with Gasteiger partial charge in [0, 0.05) is 36.1 Å². The molecule has 0 saturated carbocycles. The first-order chi connectivity index (χ1) is 21.1. The zero-order chi connectivity index (χ0) is 33.0. The van der Waals surface area contributed by atoms with Crippen LogP contribution in [0.15, 0.2) is 36.4 Å². The fourth-order valence-electron chi connectivity index (χ4n) is 5.63. The fraction of sp³-hybridized carbons (Fsp3) is 0.515. The topological polar surface area (TPSA) is 179 Å². The third-order valence-corrected chi connectivity index (χ3v) is 8.58. The lowest BCUT2D eigenvalue weighted by Gasteiger charge is -2.26. The number of hydrogen-bond acceptors (Lipinski definition) is 8. The number of aromatic nitrogens is 3. The van der Waals surface area contributed by atoms with Crippen LogP contribution in [0.25, 0.3) is 21.9 Å². The quantitative estimate of drug-likeness (QED) is 0.0686. The number of aromatic hydroxyl groups is 1. The molecule has 0 aliphatic rings. The number of phenols is 1. The maximum Gasteiger partial charge on any atom is 0.524 e. The minimum absolute atomic E-state index is 0.125. The van der Waals surface area contributed by atoms with E-state index in [4.69, 9.17) is 30.7 Å². The molecule has 0 aliphatic carbocycles. The van der Waals surface area contributed by atoms with Gasteiger partial charge in [-0.3, -0.25) is 9.79 Å². The van der Waals surface area contributed by atoms with Crippen LogP contribution in [0.5, 0.6) is 11.5 Å². The second-order valence-corrected chi connectivity index (χ2v) is 14.3. The van der Waals surface area contributed by atoms with Crippen LogP contribution < -0.4 is 16.0 Å². The lowest BCUT2D eigenvalue weighted by atomic mass is 9.80. The van der Waals surface area contributed by atoms with Crippen LogP contribution >= 0.6 is 7.82 Å². The highest BCUT2D eigenvalue weighted by Gasteiger charge is 2.25. The van der Waals surface area contributed by atoms with Gasteiger partial charge in [-0.2, -0.15) is 0 Å². The molecule has 4 rings (SSSR count). The average Bonchev–Trinajstić information content (AvgIpc) is 3.30. The molecule has 0 aliphatic heterocycles. The number of phosphoric acid groups is 1. The Bertz CT molecular complexity index is 1670. The molecule has 0 saturated heterocycles. The molecule has 0 bridgehead atoms. The lowest BCUT2D eigenvalue weighted by Crippen LogP contribution is -2.31. The average molecular weight is 642 g/mol. The minimum Gasteiger partial charge on any atom is -0.504 e. The summed E-state index contributed by atoms with van der Waals surface area (Å²) in [6, 6.07) is 10.9. The summed E-state index contributed by atoms with van der Waals surface area (Å²) in [6.45, 7) is 12.2. The fourth-order valence-corrected chi connectivity index (χ4v) is 6.04. The van der Waals surface area contributed by atoms with E-state index in [1.807, 2.05) is 18.4 Å². The van der Waals surface area contributed by atoms with Crippen LogP contribution in [0.1, 0.15) is 90.1 Å². The molecule has 4 aromatic rings. The molecular weight excluding hydrogens is 593 g/mol. The smallest absolute Gasteiger partial charge is 0.504 e. The van der Waals surface area contributed by atoms with Crippen molar-refractivity contribution in [2.24, 2.45) is 5.73 Å². The summed E-state index contributed by atoms with van der Waals surface area (Å²) in [5, 5.41) is 11.8. The first kappa shape index (κ1) is 34.7. The van der Waals surface area contributed by atoms with Gasteiger partial charge < -0.3 is 30.4 Å². The number of nitrogen functional groups attached to an aromatic ring is 1. The van der Waals surface area contributed by atoms with E-state index in [1.54, 1.807) is 12.1 Å². The van der Waals surface area contributed by atoms with Crippen LogP contribution in [-0.4, -0.2) is 48.2 Å². The monoisotopic (exact) mass is 641 g/mol. The summed E-state index contributed by atoms with van der Waals surface area (Å²) < 4.78 is 24.1. The first-order valence-corrected chi connectivity index (χ1v) is 17.1. The third kappa shape index (κ3) is 8.95. The van der Waals surface area contributed by atoms with Gasteiger partial charge in [0.2, 0.25) is 0 Å². The Hall–Kier alpha value is -3.21. The van der Waals surface area contributed by atoms with E-state index in [0.717, 1.165) is 66.3 Å². The first-order valence-electron chi connectivity index (χ1n) is 15.6. The van der Waals surface area contributed by atoms with Crippen LogP contribution in [0.2, 0.25) is 0 Å². The van der Waals surface area contributed by atoms with Gasteiger partial charge in [0.15, 0.2) is 17.3 Å². The van der Waals surface area contributed by atoms with E-state index in [2.05, 4.69) is 39.0 Å². The highest BCUT2D eigenvalue weighted by atomic mass is 31.2. The molecule has 0 atom stereocenters. The molecule has 45 heavy (non-hydrogen) atoms. The predicted octanol–water partition coefficient (Wildman–Crippen LogP) is 6.33. The Morgan fingerprint density at radius 2 is 1.71 bits per heavy atom. The van der Waals surface area contributed by atoms with Gasteiger partial charge in [-0.15, -0.1) is 0 Å². The van der Waals surface area contributed by atoms with Gasteiger partial charge >= 0.3 is 7.82 Å². The molecule has 0 spiro atoms. The van der Waals surface area contributed by atoms with Gasteiger partial charge in [0.1, 0.15) is 11.3 Å². The van der Waals surface area contributed by atoms with Crippen molar-refractivity contribution in [2.75, 3.05) is 18.9 Å². The number of pyridine rings is 1.